The zero-order valence-electron chi connectivity index (χ0n) is 15.1. The molecule has 2 aromatic carbocycles. The van der Waals surface area contributed by atoms with Gasteiger partial charge in [-0.15, -0.1) is 0 Å². The van der Waals surface area contributed by atoms with Gasteiger partial charge in [0.1, 0.15) is 0 Å². The number of carbonyl (C=O) groups excluding carboxylic acids is 1. The number of anilines is 1. The normalized spacial score (nSPS) is 11.3. The van der Waals surface area contributed by atoms with Crippen LogP contribution in [-0.4, -0.2) is 20.3 Å². The van der Waals surface area contributed by atoms with Crippen molar-refractivity contribution in [3.63, 3.8) is 0 Å². The summed E-state index contributed by atoms with van der Waals surface area (Å²) in [5, 5.41) is 9.55. The minimum absolute atomic E-state index is 0.0208. The Morgan fingerprint density at radius 3 is 2.69 bits per heavy atom. The molecule has 2 heterocycles. The molecule has 4 rings (SSSR count). The van der Waals surface area contributed by atoms with Gasteiger partial charge in [-0.2, -0.15) is 5.10 Å². The highest BCUT2D eigenvalue weighted by Crippen LogP contribution is 2.31. The molecular weight excluding hydrogens is 324 g/mol. The van der Waals surface area contributed by atoms with Gasteiger partial charge in [-0.1, -0.05) is 18.2 Å². The highest BCUT2D eigenvalue weighted by molar-refractivity contribution is 6.09. The molecule has 0 aliphatic heterocycles. The number of aryl methyl sites for hydroxylation is 3. The van der Waals surface area contributed by atoms with Crippen molar-refractivity contribution in [2.75, 3.05) is 5.32 Å². The summed E-state index contributed by atoms with van der Waals surface area (Å²) in [6.45, 7) is 3.07. The van der Waals surface area contributed by atoms with Crippen LogP contribution in [0.4, 0.5) is 5.69 Å². The van der Waals surface area contributed by atoms with Gasteiger partial charge in [0.25, 0.3) is 0 Å². The molecule has 5 nitrogen and oxygen atoms in total. The monoisotopic (exact) mass is 346 g/mol. The highest BCUT2D eigenvalue weighted by atomic mass is 16.1. The fourth-order valence-electron chi connectivity index (χ4n) is 3.55. The van der Waals surface area contributed by atoms with Gasteiger partial charge < -0.3 is 9.88 Å². The molecule has 5 heteroatoms. The summed E-state index contributed by atoms with van der Waals surface area (Å²) in [7, 11) is 1.88. The van der Waals surface area contributed by atoms with E-state index in [1.807, 2.05) is 19.3 Å². The summed E-state index contributed by atoms with van der Waals surface area (Å²) in [6.07, 6.45) is 4.88. The Labute approximate surface area is 152 Å². The molecule has 0 radical (unpaired) electrons. The van der Waals surface area contributed by atoms with Gasteiger partial charge in [-0.3, -0.25) is 9.48 Å². The van der Waals surface area contributed by atoms with Crippen molar-refractivity contribution < 1.29 is 4.79 Å². The fourth-order valence-corrected chi connectivity index (χ4v) is 3.55. The Morgan fingerprint density at radius 1 is 1.12 bits per heavy atom. The SMILES string of the molecule is CCn1c2ccccc2c2cc(NC(=O)CCc3cnn(C)c3)ccc21. The lowest BCUT2D eigenvalue weighted by Gasteiger charge is -2.06. The second-order valence-corrected chi connectivity index (χ2v) is 6.56. The largest absolute Gasteiger partial charge is 0.341 e. The molecule has 0 bridgehead atoms. The summed E-state index contributed by atoms with van der Waals surface area (Å²) in [5.41, 5.74) is 4.34. The number of fused-ring (bicyclic) bond motifs is 3. The number of benzene rings is 2. The van der Waals surface area contributed by atoms with Crippen LogP contribution < -0.4 is 5.32 Å². The van der Waals surface area contributed by atoms with Crippen LogP contribution in [0.15, 0.2) is 54.9 Å². The van der Waals surface area contributed by atoms with E-state index in [0.29, 0.717) is 12.8 Å². The molecule has 1 amide bonds. The van der Waals surface area contributed by atoms with Crippen LogP contribution in [-0.2, 0) is 24.8 Å². The number of aromatic nitrogens is 3. The maximum atomic E-state index is 12.3. The molecule has 0 saturated carbocycles. The van der Waals surface area contributed by atoms with Crippen molar-refractivity contribution >= 4 is 33.4 Å². The van der Waals surface area contributed by atoms with Gasteiger partial charge in [0.05, 0.1) is 6.20 Å². The maximum Gasteiger partial charge on any atom is 0.224 e. The third kappa shape index (κ3) is 2.96. The molecule has 0 spiro atoms. The molecule has 26 heavy (non-hydrogen) atoms. The number of carbonyl (C=O) groups is 1. The maximum absolute atomic E-state index is 12.3. The number of hydrogen-bond acceptors (Lipinski definition) is 2. The summed E-state index contributed by atoms with van der Waals surface area (Å²) in [6, 6.07) is 14.6. The minimum atomic E-state index is 0.0208. The van der Waals surface area contributed by atoms with E-state index in [1.165, 1.54) is 21.8 Å². The summed E-state index contributed by atoms with van der Waals surface area (Å²) in [5.74, 6) is 0.0208. The second kappa shape index (κ2) is 6.67. The number of amides is 1. The molecule has 2 aromatic heterocycles. The number of rotatable bonds is 5. The first-order chi connectivity index (χ1) is 12.7. The van der Waals surface area contributed by atoms with Crippen molar-refractivity contribution in [3.05, 3.63) is 60.4 Å². The highest BCUT2D eigenvalue weighted by Gasteiger charge is 2.11. The smallest absolute Gasteiger partial charge is 0.224 e. The predicted octanol–water partition coefficient (Wildman–Crippen LogP) is 4.12. The van der Waals surface area contributed by atoms with Gasteiger partial charge in [-0.05, 0) is 43.2 Å². The first-order valence-corrected chi connectivity index (χ1v) is 8.94. The summed E-state index contributed by atoms with van der Waals surface area (Å²) < 4.78 is 4.06. The number of hydrogen-bond donors (Lipinski definition) is 1. The number of nitrogens with zero attached hydrogens (tertiary/aromatic N) is 3. The van der Waals surface area contributed by atoms with Crippen LogP contribution in [0, 0.1) is 0 Å². The molecule has 0 aliphatic rings. The Bertz CT molecular complexity index is 1090. The summed E-state index contributed by atoms with van der Waals surface area (Å²) in [4.78, 5) is 12.3. The fraction of sp³-hybridized carbons (Fsp3) is 0.238. The van der Waals surface area contributed by atoms with Gasteiger partial charge in [-0.25, -0.2) is 0 Å². The van der Waals surface area contributed by atoms with E-state index in [4.69, 9.17) is 0 Å². The predicted molar refractivity (Wildman–Crippen MR) is 105 cm³/mol. The van der Waals surface area contributed by atoms with E-state index in [9.17, 15) is 4.79 Å². The molecule has 0 unspecified atom stereocenters. The van der Waals surface area contributed by atoms with Crippen LogP contribution in [0.1, 0.15) is 18.9 Å². The molecule has 4 aromatic rings. The van der Waals surface area contributed by atoms with Gasteiger partial charge in [0.15, 0.2) is 0 Å². The van der Waals surface area contributed by atoms with Gasteiger partial charge >= 0.3 is 0 Å². The molecule has 0 fully saturated rings. The Hall–Kier alpha value is -3.08. The first kappa shape index (κ1) is 16.4. The number of para-hydroxylation sites is 1. The number of nitrogens with one attached hydrogen (secondary N) is 1. The van der Waals surface area contributed by atoms with Gasteiger partial charge in [0.2, 0.25) is 5.91 Å². The van der Waals surface area contributed by atoms with E-state index in [0.717, 1.165) is 17.8 Å². The van der Waals surface area contributed by atoms with Crippen LogP contribution in [0.25, 0.3) is 21.8 Å². The molecule has 132 valence electrons. The Kier molecular flexibility index (Phi) is 4.21. The third-order valence-corrected chi connectivity index (χ3v) is 4.77. The Balaban J connectivity index is 1.57. The lowest BCUT2D eigenvalue weighted by molar-refractivity contribution is -0.116. The van der Waals surface area contributed by atoms with Gasteiger partial charge in [0, 0.05) is 53.7 Å². The third-order valence-electron chi connectivity index (χ3n) is 4.77. The average molecular weight is 346 g/mol. The van der Waals surface area contributed by atoms with Crippen molar-refractivity contribution in [2.45, 2.75) is 26.3 Å². The zero-order chi connectivity index (χ0) is 18.1. The van der Waals surface area contributed by atoms with Crippen LogP contribution >= 0.6 is 0 Å². The topological polar surface area (TPSA) is 51.9 Å². The molecule has 1 N–H and O–H groups in total. The standard InChI is InChI=1S/C21H22N4O/c1-3-25-19-7-5-4-6-17(19)18-12-16(9-10-20(18)25)23-21(26)11-8-15-13-22-24(2)14-15/h4-7,9-10,12-14H,3,8,11H2,1-2H3,(H,23,26). The van der Waals surface area contributed by atoms with Crippen molar-refractivity contribution in [2.24, 2.45) is 7.05 Å². The first-order valence-electron chi connectivity index (χ1n) is 8.94. The van der Waals surface area contributed by atoms with Crippen molar-refractivity contribution in [3.8, 4) is 0 Å². The van der Waals surface area contributed by atoms with E-state index in [1.54, 1.807) is 10.9 Å². The van der Waals surface area contributed by atoms with Crippen molar-refractivity contribution in [1.82, 2.24) is 14.3 Å². The van der Waals surface area contributed by atoms with Crippen molar-refractivity contribution in [1.29, 1.82) is 0 Å². The van der Waals surface area contributed by atoms with Crippen LogP contribution in [0.3, 0.4) is 0 Å². The minimum Gasteiger partial charge on any atom is -0.341 e. The van der Waals surface area contributed by atoms with Crippen LogP contribution in [0.5, 0.6) is 0 Å². The Morgan fingerprint density at radius 2 is 1.92 bits per heavy atom. The van der Waals surface area contributed by atoms with E-state index in [2.05, 4.69) is 58.3 Å². The quantitative estimate of drug-likeness (QED) is 0.591. The average Bonchev–Trinajstić information content (AvgIpc) is 3.20. The molecular formula is C21H22N4O. The van der Waals surface area contributed by atoms with E-state index in [-0.39, 0.29) is 5.91 Å². The molecule has 0 aliphatic carbocycles. The van der Waals surface area contributed by atoms with Crippen LogP contribution in [0.2, 0.25) is 0 Å². The zero-order valence-corrected chi connectivity index (χ0v) is 15.1. The summed E-state index contributed by atoms with van der Waals surface area (Å²) >= 11 is 0. The van der Waals surface area contributed by atoms with E-state index < -0.39 is 0 Å². The second-order valence-electron chi connectivity index (χ2n) is 6.56. The molecule has 0 saturated heterocycles. The molecule has 0 atom stereocenters. The lowest BCUT2D eigenvalue weighted by atomic mass is 10.1. The van der Waals surface area contributed by atoms with E-state index >= 15 is 0 Å². The lowest BCUT2D eigenvalue weighted by Crippen LogP contribution is -2.12.